The van der Waals surface area contributed by atoms with Crippen LogP contribution in [0.15, 0.2) is 22.8 Å². The maximum absolute atomic E-state index is 12.5. The molecule has 2 heterocycles. The Morgan fingerprint density at radius 2 is 2.27 bits per heavy atom. The number of hydrogen-bond acceptors (Lipinski definition) is 3. The Morgan fingerprint density at radius 3 is 2.95 bits per heavy atom. The van der Waals surface area contributed by atoms with E-state index in [2.05, 4.69) is 5.32 Å². The number of hydrogen-bond donors (Lipinski definition) is 1. The molecule has 4 rings (SSSR count). The highest BCUT2D eigenvalue weighted by Crippen LogP contribution is 2.44. The zero-order chi connectivity index (χ0) is 15.1. The fourth-order valence-corrected chi connectivity index (χ4v) is 4.41. The van der Waals surface area contributed by atoms with Gasteiger partial charge < -0.3 is 14.6 Å². The maximum Gasteiger partial charge on any atom is 0.225 e. The second-order valence-corrected chi connectivity index (χ2v) is 7.04. The Kier molecular flexibility index (Phi) is 3.43. The second kappa shape index (κ2) is 5.45. The molecule has 1 aromatic heterocycles. The van der Waals surface area contributed by atoms with Gasteiger partial charge in [0.25, 0.3) is 0 Å². The molecule has 0 radical (unpaired) electrons. The van der Waals surface area contributed by atoms with E-state index < -0.39 is 0 Å². The lowest BCUT2D eigenvalue weighted by Gasteiger charge is -2.24. The summed E-state index contributed by atoms with van der Waals surface area (Å²) in [6, 6.07) is 4.02. The molecule has 5 nitrogen and oxygen atoms in total. The largest absolute Gasteiger partial charge is 0.467 e. The summed E-state index contributed by atoms with van der Waals surface area (Å²) >= 11 is 0. The third-order valence-electron chi connectivity index (χ3n) is 5.58. The van der Waals surface area contributed by atoms with Crippen LogP contribution in [0.5, 0.6) is 0 Å². The van der Waals surface area contributed by atoms with Gasteiger partial charge in [-0.25, -0.2) is 0 Å². The van der Waals surface area contributed by atoms with Crippen molar-refractivity contribution in [3.8, 4) is 0 Å². The number of furan rings is 1. The van der Waals surface area contributed by atoms with Crippen LogP contribution in [0.25, 0.3) is 0 Å². The molecule has 2 saturated carbocycles. The number of nitrogens with one attached hydrogen (secondary N) is 1. The second-order valence-electron chi connectivity index (χ2n) is 7.04. The van der Waals surface area contributed by atoms with Gasteiger partial charge in [-0.15, -0.1) is 0 Å². The fraction of sp³-hybridized carbons (Fsp3) is 0.647. The van der Waals surface area contributed by atoms with E-state index in [0.717, 1.165) is 18.1 Å². The SMILES string of the molecule is O=C(N[C@@H]1C[C@@H]2CC[C@@H]1C2)[C@H]1CC(=O)N(Cc2ccco2)C1. The first kappa shape index (κ1) is 13.9. The zero-order valence-electron chi connectivity index (χ0n) is 12.7. The average Bonchev–Trinajstić information content (AvgIpc) is 3.25. The maximum atomic E-state index is 12.5. The molecule has 22 heavy (non-hydrogen) atoms. The highest BCUT2D eigenvalue weighted by atomic mass is 16.3. The van der Waals surface area contributed by atoms with Gasteiger partial charge in [-0.1, -0.05) is 6.42 Å². The van der Waals surface area contributed by atoms with Crippen molar-refractivity contribution >= 4 is 11.8 Å². The third-order valence-corrected chi connectivity index (χ3v) is 5.58. The van der Waals surface area contributed by atoms with Crippen molar-refractivity contribution in [3.63, 3.8) is 0 Å². The summed E-state index contributed by atoms with van der Waals surface area (Å²) in [5.41, 5.74) is 0. The first-order valence-electron chi connectivity index (χ1n) is 8.29. The van der Waals surface area contributed by atoms with Crippen molar-refractivity contribution in [3.05, 3.63) is 24.2 Å². The molecule has 5 heteroatoms. The van der Waals surface area contributed by atoms with Crippen LogP contribution in [0.2, 0.25) is 0 Å². The van der Waals surface area contributed by atoms with E-state index in [1.54, 1.807) is 11.2 Å². The van der Waals surface area contributed by atoms with Gasteiger partial charge in [-0.3, -0.25) is 9.59 Å². The molecule has 1 aliphatic heterocycles. The molecule has 0 spiro atoms. The average molecular weight is 302 g/mol. The lowest BCUT2D eigenvalue weighted by Crippen LogP contribution is -2.42. The fourth-order valence-electron chi connectivity index (χ4n) is 4.41. The predicted octanol–water partition coefficient (Wildman–Crippen LogP) is 1.93. The lowest BCUT2D eigenvalue weighted by molar-refractivity contribution is -0.129. The number of rotatable bonds is 4. The van der Waals surface area contributed by atoms with Crippen LogP contribution in [0.3, 0.4) is 0 Å². The van der Waals surface area contributed by atoms with Crippen LogP contribution in [-0.4, -0.2) is 29.3 Å². The lowest BCUT2D eigenvalue weighted by atomic mass is 9.94. The van der Waals surface area contributed by atoms with E-state index in [0.29, 0.717) is 31.5 Å². The molecule has 3 fully saturated rings. The molecular weight excluding hydrogens is 280 g/mol. The van der Waals surface area contributed by atoms with Gasteiger partial charge >= 0.3 is 0 Å². The van der Waals surface area contributed by atoms with E-state index >= 15 is 0 Å². The summed E-state index contributed by atoms with van der Waals surface area (Å²) < 4.78 is 5.29. The molecule has 1 aromatic rings. The van der Waals surface area contributed by atoms with Crippen LogP contribution >= 0.6 is 0 Å². The summed E-state index contributed by atoms with van der Waals surface area (Å²) in [7, 11) is 0. The third kappa shape index (κ3) is 2.53. The van der Waals surface area contributed by atoms with E-state index in [9.17, 15) is 9.59 Å². The van der Waals surface area contributed by atoms with Gasteiger partial charge in [0.1, 0.15) is 5.76 Å². The number of nitrogens with zero attached hydrogens (tertiary/aromatic N) is 1. The molecule has 2 amide bonds. The zero-order valence-corrected chi connectivity index (χ0v) is 12.7. The summed E-state index contributed by atoms with van der Waals surface area (Å²) in [5.74, 6) is 2.16. The number of amides is 2. The van der Waals surface area contributed by atoms with E-state index in [4.69, 9.17) is 4.42 Å². The van der Waals surface area contributed by atoms with Gasteiger partial charge in [0.05, 0.1) is 18.7 Å². The standard InChI is InChI=1S/C17H22N2O3/c20-16-8-13(9-19(16)10-14-2-1-5-22-14)17(21)18-15-7-11-3-4-12(15)6-11/h1-2,5,11-13,15H,3-4,6-10H2,(H,18,21)/t11-,12-,13+,15-/m1/s1. The van der Waals surface area contributed by atoms with Crippen LogP contribution in [0.1, 0.15) is 37.9 Å². The quantitative estimate of drug-likeness (QED) is 0.924. The van der Waals surface area contributed by atoms with Crippen molar-refractivity contribution in [2.24, 2.45) is 17.8 Å². The molecule has 118 valence electrons. The highest BCUT2D eigenvalue weighted by molar-refractivity contribution is 5.89. The smallest absolute Gasteiger partial charge is 0.225 e. The highest BCUT2D eigenvalue weighted by Gasteiger charge is 2.42. The van der Waals surface area contributed by atoms with Crippen LogP contribution in [-0.2, 0) is 16.1 Å². The van der Waals surface area contributed by atoms with E-state index in [1.807, 2.05) is 12.1 Å². The van der Waals surface area contributed by atoms with Crippen molar-refractivity contribution in [2.75, 3.05) is 6.54 Å². The van der Waals surface area contributed by atoms with Crippen LogP contribution in [0, 0.1) is 17.8 Å². The van der Waals surface area contributed by atoms with Crippen LogP contribution in [0.4, 0.5) is 0 Å². The summed E-state index contributed by atoms with van der Waals surface area (Å²) in [6.07, 6.45) is 6.93. The summed E-state index contributed by atoms with van der Waals surface area (Å²) in [5, 5.41) is 3.21. The minimum absolute atomic E-state index is 0.0458. The number of fused-ring (bicyclic) bond motifs is 2. The Bertz CT molecular complexity index is 568. The minimum atomic E-state index is -0.207. The first-order valence-corrected chi connectivity index (χ1v) is 8.29. The Morgan fingerprint density at radius 1 is 1.36 bits per heavy atom. The molecule has 3 aliphatic rings. The Balaban J connectivity index is 1.33. The van der Waals surface area contributed by atoms with Gasteiger partial charge in [-0.05, 0) is 43.2 Å². The monoisotopic (exact) mass is 302 g/mol. The molecule has 0 unspecified atom stereocenters. The Hall–Kier alpha value is -1.78. The Labute approximate surface area is 130 Å². The van der Waals surface area contributed by atoms with Crippen molar-refractivity contribution in [2.45, 2.75) is 44.7 Å². The van der Waals surface area contributed by atoms with Crippen molar-refractivity contribution < 1.29 is 14.0 Å². The van der Waals surface area contributed by atoms with E-state index in [-0.39, 0.29) is 17.7 Å². The predicted molar refractivity (Wildman–Crippen MR) is 79.6 cm³/mol. The number of carbonyl (C=O) groups excluding carboxylic acids is 2. The summed E-state index contributed by atoms with van der Waals surface area (Å²) in [6.45, 7) is 0.968. The molecule has 4 atom stereocenters. The van der Waals surface area contributed by atoms with Crippen molar-refractivity contribution in [1.29, 1.82) is 0 Å². The van der Waals surface area contributed by atoms with Crippen molar-refractivity contribution in [1.82, 2.24) is 10.2 Å². The van der Waals surface area contributed by atoms with Gasteiger partial charge in [-0.2, -0.15) is 0 Å². The topological polar surface area (TPSA) is 62.6 Å². The molecule has 2 aliphatic carbocycles. The molecule has 2 bridgehead atoms. The van der Waals surface area contributed by atoms with Gasteiger partial charge in [0.15, 0.2) is 0 Å². The normalized spacial score (nSPS) is 33.6. The van der Waals surface area contributed by atoms with Gasteiger partial charge in [0, 0.05) is 19.0 Å². The minimum Gasteiger partial charge on any atom is -0.467 e. The number of carbonyl (C=O) groups is 2. The first-order chi connectivity index (χ1) is 10.7. The summed E-state index contributed by atoms with van der Waals surface area (Å²) in [4.78, 5) is 26.3. The number of likely N-dealkylation sites (tertiary alicyclic amines) is 1. The van der Waals surface area contributed by atoms with E-state index in [1.165, 1.54) is 19.3 Å². The molecule has 0 aromatic carbocycles. The molecule has 1 saturated heterocycles. The molecular formula is C17H22N2O3. The molecule has 1 N–H and O–H groups in total. The van der Waals surface area contributed by atoms with Gasteiger partial charge in [0.2, 0.25) is 11.8 Å². The van der Waals surface area contributed by atoms with Crippen LogP contribution < -0.4 is 5.32 Å².